The molecule has 0 radical (unpaired) electrons. The van der Waals surface area contributed by atoms with Gasteiger partial charge in [-0.05, 0) is 54.4 Å². The Labute approximate surface area is 147 Å². The van der Waals surface area contributed by atoms with Crippen LogP contribution in [0.4, 0.5) is 0 Å². The molecular formula is C22H32O2. The van der Waals surface area contributed by atoms with Gasteiger partial charge in [-0.15, -0.1) is 0 Å². The van der Waals surface area contributed by atoms with Crippen LogP contribution >= 0.6 is 0 Å². The van der Waals surface area contributed by atoms with Crippen molar-refractivity contribution in [2.75, 3.05) is 6.61 Å². The summed E-state index contributed by atoms with van der Waals surface area (Å²) in [5.74, 6) is 1.68. The van der Waals surface area contributed by atoms with E-state index in [2.05, 4.69) is 40.3 Å². The van der Waals surface area contributed by atoms with Gasteiger partial charge in [-0.2, -0.15) is 0 Å². The molecule has 2 heteroatoms. The molecule has 0 aromatic rings. The van der Waals surface area contributed by atoms with Crippen LogP contribution in [0.2, 0.25) is 0 Å². The molecule has 3 rings (SSSR count). The molecule has 2 aliphatic carbocycles. The fourth-order valence-electron chi connectivity index (χ4n) is 5.77. The molecule has 0 aromatic carbocycles. The van der Waals surface area contributed by atoms with E-state index >= 15 is 0 Å². The molecule has 2 saturated carbocycles. The summed E-state index contributed by atoms with van der Waals surface area (Å²) < 4.78 is 5.02. The molecule has 0 spiro atoms. The Morgan fingerprint density at radius 2 is 2.12 bits per heavy atom. The number of esters is 1. The van der Waals surface area contributed by atoms with Crippen LogP contribution in [0.1, 0.15) is 59.8 Å². The van der Waals surface area contributed by atoms with Crippen molar-refractivity contribution < 1.29 is 9.53 Å². The second kappa shape index (κ2) is 6.20. The van der Waals surface area contributed by atoms with Gasteiger partial charge in [-0.3, -0.25) is 0 Å². The Kier molecular flexibility index (Phi) is 4.53. The molecule has 2 nitrogen and oxygen atoms in total. The highest BCUT2D eigenvalue weighted by atomic mass is 16.5. The van der Waals surface area contributed by atoms with Crippen molar-refractivity contribution in [3.63, 3.8) is 0 Å². The lowest BCUT2D eigenvalue weighted by atomic mass is 9.44. The minimum absolute atomic E-state index is 0.190. The first-order chi connectivity index (χ1) is 11.3. The third-order valence-electron chi connectivity index (χ3n) is 7.72. The smallest absolute Gasteiger partial charge is 0.338 e. The summed E-state index contributed by atoms with van der Waals surface area (Å²) in [5, 5.41) is 0. The number of rotatable bonds is 3. The third kappa shape index (κ3) is 2.59. The highest BCUT2D eigenvalue weighted by Crippen LogP contribution is 2.63. The van der Waals surface area contributed by atoms with E-state index < -0.39 is 0 Å². The summed E-state index contributed by atoms with van der Waals surface area (Å²) in [6.45, 7) is 14.6. The zero-order valence-electron chi connectivity index (χ0n) is 15.7. The average Bonchev–Trinajstić information content (AvgIpc) is 2.96. The zero-order chi connectivity index (χ0) is 17.5. The van der Waals surface area contributed by atoms with Gasteiger partial charge in [0.05, 0.1) is 5.57 Å². The van der Waals surface area contributed by atoms with Crippen LogP contribution in [0.5, 0.6) is 0 Å². The SMILES string of the molecule is C=C1CCC2C(C)(CC)C(C)CCC2(C)C1/C=C/C1=CCOC1=O. The molecule has 132 valence electrons. The van der Waals surface area contributed by atoms with Crippen LogP contribution in [0.3, 0.4) is 0 Å². The van der Waals surface area contributed by atoms with Crippen molar-refractivity contribution >= 4 is 5.97 Å². The highest BCUT2D eigenvalue weighted by molar-refractivity contribution is 5.93. The molecule has 5 atom stereocenters. The molecule has 0 amide bonds. The first kappa shape index (κ1) is 17.5. The number of fused-ring (bicyclic) bond motifs is 1. The molecule has 2 fully saturated rings. The number of carbonyl (C=O) groups is 1. The van der Waals surface area contributed by atoms with Crippen molar-refractivity contribution in [2.24, 2.45) is 28.6 Å². The van der Waals surface area contributed by atoms with Gasteiger partial charge in [0.2, 0.25) is 0 Å². The number of ether oxygens (including phenoxy) is 1. The average molecular weight is 328 g/mol. The maximum atomic E-state index is 11.7. The van der Waals surface area contributed by atoms with E-state index in [1.54, 1.807) is 0 Å². The molecule has 0 saturated heterocycles. The summed E-state index contributed by atoms with van der Waals surface area (Å²) in [6.07, 6.45) is 12.3. The Morgan fingerprint density at radius 1 is 1.38 bits per heavy atom. The quantitative estimate of drug-likeness (QED) is 0.508. The normalized spacial score (nSPS) is 42.8. The molecule has 0 aromatic heterocycles. The van der Waals surface area contributed by atoms with Crippen molar-refractivity contribution in [2.45, 2.75) is 59.8 Å². The molecular weight excluding hydrogens is 296 g/mol. The minimum atomic E-state index is -0.190. The molecule has 3 aliphatic rings. The van der Waals surface area contributed by atoms with Gasteiger partial charge in [0.25, 0.3) is 0 Å². The molecule has 24 heavy (non-hydrogen) atoms. The van der Waals surface area contributed by atoms with E-state index in [1.807, 2.05) is 12.2 Å². The van der Waals surface area contributed by atoms with Crippen molar-refractivity contribution in [3.05, 3.63) is 36.0 Å². The van der Waals surface area contributed by atoms with E-state index in [0.29, 0.717) is 23.5 Å². The van der Waals surface area contributed by atoms with Crippen LogP contribution in [0.25, 0.3) is 0 Å². The predicted molar refractivity (Wildman–Crippen MR) is 98.4 cm³/mol. The van der Waals surface area contributed by atoms with Crippen molar-refractivity contribution in [1.29, 1.82) is 0 Å². The van der Waals surface area contributed by atoms with Crippen LogP contribution in [0.15, 0.2) is 36.0 Å². The molecule has 0 bridgehead atoms. The van der Waals surface area contributed by atoms with Crippen LogP contribution in [-0.2, 0) is 9.53 Å². The third-order valence-corrected chi connectivity index (χ3v) is 7.72. The van der Waals surface area contributed by atoms with Gasteiger partial charge in [0.15, 0.2) is 0 Å². The fourth-order valence-corrected chi connectivity index (χ4v) is 5.77. The van der Waals surface area contributed by atoms with Crippen molar-refractivity contribution in [1.82, 2.24) is 0 Å². The second-order valence-electron chi connectivity index (χ2n) is 8.65. The van der Waals surface area contributed by atoms with Gasteiger partial charge in [-0.25, -0.2) is 4.79 Å². The number of carbonyl (C=O) groups excluding carboxylic acids is 1. The van der Waals surface area contributed by atoms with Crippen molar-refractivity contribution in [3.8, 4) is 0 Å². The number of hydrogen-bond donors (Lipinski definition) is 0. The maximum absolute atomic E-state index is 11.7. The summed E-state index contributed by atoms with van der Waals surface area (Å²) in [7, 11) is 0. The van der Waals surface area contributed by atoms with E-state index in [0.717, 1.165) is 18.3 Å². The number of cyclic esters (lactones) is 1. The Hall–Kier alpha value is -1.31. The molecule has 5 unspecified atom stereocenters. The first-order valence-corrected chi connectivity index (χ1v) is 9.56. The summed E-state index contributed by atoms with van der Waals surface area (Å²) in [4.78, 5) is 11.7. The molecule has 1 heterocycles. The van der Waals surface area contributed by atoms with Gasteiger partial charge in [0.1, 0.15) is 6.61 Å². The fraction of sp³-hybridized carbons (Fsp3) is 0.682. The standard InChI is InChI=1S/C22H32O2/c1-6-21(4)16(3)11-13-22(5)18(15(2)7-10-19(21)22)9-8-17-12-14-24-20(17)23/h8-9,12,16,18-19H,2,6-7,10-11,13-14H2,1,3-5H3/b9-8+. The van der Waals surface area contributed by atoms with E-state index in [-0.39, 0.29) is 11.4 Å². The predicted octanol–water partition coefficient (Wildman–Crippen LogP) is 5.46. The lowest BCUT2D eigenvalue weighted by Crippen LogP contribution is -2.52. The van der Waals surface area contributed by atoms with Crippen LogP contribution in [0, 0.1) is 28.6 Å². The second-order valence-corrected chi connectivity index (χ2v) is 8.65. The summed E-state index contributed by atoms with van der Waals surface area (Å²) in [6, 6.07) is 0. The highest BCUT2D eigenvalue weighted by Gasteiger charge is 2.55. The van der Waals surface area contributed by atoms with E-state index in [9.17, 15) is 4.79 Å². The molecule has 0 N–H and O–H groups in total. The Bertz CT molecular complexity index is 599. The minimum Gasteiger partial charge on any atom is -0.458 e. The van der Waals surface area contributed by atoms with Gasteiger partial charge in [-0.1, -0.05) is 58.4 Å². The van der Waals surface area contributed by atoms with Gasteiger partial charge >= 0.3 is 5.97 Å². The molecule has 1 aliphatic heterocycles. The largest absolute Gasteiger partial charge is 0.458 e. The summed E-state index contributed by atoms with van der Waals surface area (Å²) >= 11 is 0. The van der Waals surface area contributed by atoms with Gasteiger partial charge in [0, 0.05) is 5.92 Å². The lowest BCUT2D eigenvalue weighted by molar-refractivity contribution is -0.135. The Morgan fingerprint density at radius 3 is 2.75 bits per heavy atom. The van der Waals surface area contributed by atoms with Gasteiger partial charge < -0.3 is 4.74 Å². The summed E-state index contributed by atoms with van der Waals surface area (Å²) in [5.41, 5.74) is 2.71. The topological polar surface area (TPSA) is 26.3 Å². The van der Waals surface area contributed by atoms with E-state index in [1.165, 1.54) is 31.3 Å². The van der Waals surface area contributed by atoms with E-state index in [4.69, 9.17) is 4.74 Å². The lowest BCUT2D eigenvalue weighted by Gasteiger charge is -2.60. The van der Waals surface area contributed by atoms with Crippen LogP contribution in [-0.4, -0.2) is 12.6 Å². The maximum Gasteiger partial charge on any atom is 0.338 e. The Balaban J connectivity index is 1.92. The number of allylic oxidation sites excluding steroid dienone is 2. The first-order valence-electron chi connectivity index (χ1n) is 9.56. The number of hydrogen-bond acceptors (Lipinski definition) is 2. The zero-order valence-corrected chi connectivity index (χ0v) is 15.7. The van der Waals surface area contributed by atoms with Crippen LogP contribution < -0.4 is 0 Å². The monoisotopic (exact) mass is 328 g/mol.